The van der Waals surface area contributed by atoms with Crippen LogP contribution in [0.25, 0.3) is 0 Å². The number of nitrogens with one attached hydrogen (secondary N) is 1. The maximum absolute atomic E-state index is 12.5. The van der Waals surface area contributed by atoms with E-state index < -0.39 is 23.6 Å². The van der Waals surface area contributed by atoms with Crippen molar-refractivity contribution in [2.75, 3.05) is 26.2 Å². The summed E-state index contributed by atoms with van der Waals surface area (Å²) < 4.78 is 37.5. The third kappa shape index (κ3) is 6.80. The quantitative estimate of drug-likeness (QED) is 0.608. The molecule has 1 saturated heterocycles. The summed E-state index contributed by atoms with van der Waals surface area (Å²) >= 11 is 0.965. The van der Waals surface area contributed by atoms with E-state index in [1.165, 1.54) is 6.07 Å². The van der Waals surface area contributed by atoms with Crippen LogP contribution < -0.4 is 5.32 Å². The molecule has 0 spiro atoms. The van der Waals surface area contributed by atoms with E-state index in [9.17, 15) is 23.3 Å². The van der Waals surface area contributed by atoms with E-state index in [2.05, 4.69) is 5.32 Å². The van der Waals surface area contributed by atoms with Gasteiger partial charge in [-0.05, 0) is 12.5 Å². The van der Waals surface area contributed by atoms with E-state index in [-0.39, 0.29) is 36.2 Å². The van der Waals surface area contributed by atoms with E-state index in [1.807, 2.05) is 4.90 Å². The number of halogens is 5. The molecule has 1 atom stereocenters. The summed E-state index contributed by atoms with van der Waals surface area (Å²) in [7, 11) is 0. The molecule has 1 aliphatic heterocycles. The van der Waals surface area contributed by atoms with Crippen LogP contribution in [0.15, 0.2) is 12.1 Å². The monoisotopic (exact) mass is 395 g/mol. The van der Waals surface area contributed by atoms with E-state index in [0.717, 1.165) is 24.4 Å². The van der Waals surface area contributed by atoms with E-state index in [4.69, 9.17) is 0 Å². The van der Waals surface area contributed by atoms with Gasteiger partial charge in [0.2, 0.25) is 0 Å². The zero-order valence-corrected chi connectivity index (χ0v) is 14.5. The van der Waals surface area contributed by atoms with Crippen molar-refractivity contribution in [2.24, 2.45) is 0 Å². The molecule has 1 N–H and O–H groups in total. The van der Waals surface area contributed by atoms with Gasteiger partial charge in [0.15, 0.2) is 0 Å². The standard InChI is InChI=1S/C12H16F3N3O2S.2ClH/c13-12(14,15)4-3-9(17-7-5-16-6-8-17)10-1-2-11(21-10)18(19)20;;/h1-2,9,16H,3-8H2;2*1H/t9-;;/m0../s1. The van der Waals surface area contributed by atoms with Crippen molar-refractivity contribution in [1.29, 1.82) is 0 Å². The van der Waals surface area contributed by atoms with Gasteiger partial charge in [-0.2, -0.15) is 13.2 Å². The summed E-state index contributed by atoms with van der Waals surface area (Å²) in [6.45, 7) is 2.73. The Hall–Kier alpha value is -0.610. The molecule has 1 aromatic rings. The molecule has 0 bridgehead atoms. The van der Waals surface area contributed by atoms with Crippen molar-refractivity contribution in [3.8, 4) is 0 Å². The van der Waals surface area contributed by atoms with Crippen LogP contribution in [0.5, 0.6) is 0 Å². The summed E-state index contributed by atoms with van der Waals surface area (Å²) in [5.74, 6) is 0. The van der Waals surface area contributed by atoms with E-state index in [1.54, 1.807) is 6.07 Å². The van der Waals surface area contributed by atoms with Crippen molar-refractivity contribution in [2.45, 2.75) is 25.1 Å². The third-order valence-electron chi connectivity index (χ3n) is 3.41. The average molecular weight is 396 g/mol. The minimum Gasteiger partial charge on any atom is -0.314 e. The molecule has 5 nitrogen and oxygen atoms in total. The van der Waals surface area contributed by atoms with Crippen LogP contribution in [0.4, 0.5) is 18.2 Å². The maximum atomic E-state index is 12.5. The lowest BCUT2D eigenvalue weighted by Gasteiger charge is -2.34. The fourth-order valence-electron chi connectivity index (χ4n) is 2.42. The second-order valence-corrected chi connectivity index (χ2v) is 5.98. The Balaban J connectivity index is 0.00000242. The van der Waals surface area contributed by atoms with Crippen molar-refractivity contribution in [1.82, 2.24) is 10.2 Å². The zero-order valence-electron chi connectivity index (χ0n) is 12.0. The third-order valence-corrected chi connectivity index (χ3v) is 4.55. The maximum Gasteiger partial charge on any atom is 0.389 e. The first-order valence-electron chi connectivity index (χ1n) is 6.62. The van der Waals surface area contributed by atoms with Gasteiger partial charge in [-0.15, -0.1) is 24.8 Å². The van der Waals surface area contributed by atoms with Crippen molar-refractivity contribution in [3.63, 3.8) is 0 Å². The first-order valence-corrected chi connectivity index (χ1v) is 7.44. The number of nitro groups is 1. The molecular weight excluding hydrogens is 378 g/mol. The molecule has 2 rings (SSSR count). The van der Waals surface area contributed by atoms with Gasteiger partial charge in [0.25, 0.3) is 0 Å². The van der Waals surface area contributed by atoms with Crippen LogP contribution in [0, 0.1) is 10.1 Å². The SMILES string of the molecule is Cl.Cl.O=[N+]([O-])c1ccc([C@H](CCC(F)(F)F)N2CCNCC2)s1. The number of hydrogen-bond acceptors (Lipinski definition) is 5. The Morgan fingerprint density at radius 1 is 1.30 bits per heavy atom. The molecular formula is C12H18Cl2F3N3O2S. The second-order valence-electron chi connectivity index (χ2n) is 4.89. The van der Waals surface area contributed by atoms with Gasteiger partial charge in [0.05, 0.1) is 4.92 Å². The van der Waals surface area contributed by atoms with E-state index in [0.29, 0.717) is 18.0 Å². The van der Waals surface area contributed by atoms with Crippen LogP contribution in [0.2, 0.25) is 0 Å². The Bertz CT molecular complexity index is 496. The van der Waals surface area contributed by atoms with Crippen LogP contribution >= 0.6 is 36.2 Å². The molecule has 0 amide bonds. The minimum atomic E-state index is -4.21. The van der Waals surface area contributed by atoms with Gasteiger partial charge in [0.1, 0.15) is 0 Å². The molecule has 1 aliphatic rings. The largest absolute Gasteiger partial charge is 0.389 e. The molecule has 1 aromatic heterocycles. The molecule has 0 unspecified atom stereocenters. The van der Waals surface area contributed by atoms with Crippen LogP contribution in [-0.2, 0) is 0 Å². The fourth-order valence-corrected chi connectivity index (χ4v) is 3.41. The van der Waals surface area contributed by atoms with Gasteiger partial charge in [-0.1, -0.05) is 11.3 Å². The molecule has 2 heterocycles. The number of nitrogens with zero attached hydrogens (tertiary/aromatic N) is 2. The lowest BCUT2D eigenvalue weighted by atomic mass is 10.1. The molecule has 11 heteroatoms. The Morgan fingerprint density at radius 2 is 1.91 bits per heavy atom. The summed E-state index contributed by atoms with van der Waals surface area (Å²) in [6.07, 6.45) is -5.16. The molecule has 0 radical (unpaired) electrons. The lowest BCUT2D eigenvalue weighted by molar-refractivity contribution is -0.380. The summed E-state index contributed by atoms with van der Waals surface area (Å²) in [6, 6.07) is 2.53. The van der Waals surface area contributed by atoms with Crippen LogP contribution in [0.3, 0.4) is 0 Å². The minimum absolute atomic E-state index is 0. The van der Waals surface area contributed by atoms with Crippen LogP contribution in [0.1, 0.15) is 23.8 Å². The highest BCUT2D eigenvalue weighted by Gasteiger charge is 2.32. The smallest absolute Gasteiger partial charge is 0.314 e. The fraction of sp³-hybridized carbons (Fsp3) is 0.667. The second kappa shape index (κ2) is 9.63. The van der Waals surface area contributed by atoms with Gasteiger partial charge in [-0.3, -0.25) is 15.0 Å². The van der Waals surface area contributed by atoms with Gasteiger partial charge < -0.3 is 5.32 Å². The Labute approximate surface area is 148 Å². The number of alkyl halides is 3. The highest BCUT2D eigenvalue weighted by atomic mass is 35.5. The van der Waals surface area contributed by atoms with Crippen molar-refractivity contribution < 1.29 is 18.1 Å². The first kappa shape index (κ1) is 22.4. The molecule has 0 aromatic carbocycles. The molecule has 134 valence electrons. The first-order chi connectivity index (χ1) is 9.87. The predicted octanol–water partition coefficient (Wildman–Crippen LogP) is 3.79. The number of piperazine rings is 1. The summed E-state index contributed by atoms with van der Waals surface area (Å²) in [5, 5.41) is 13.9. The van der Waals surface area contributed by atoms with E-state index >= 15 is 0 Å². The number of thiophene rings is 1. The van der Waals surface area contributed by atoms with Crippen molar-refractivity contribution >= 4 is 41.2 Å². The average Bonchev–Trinajstić information content (AvgIpc) is 2.89. The summed E-state index contributed by atoms with van der Waals surface area (Å²) in [4.78, 5) is 12.8. The summed E-state index contributed by atoms with van der Waals surface area (Å²) in [5.41, 5.74) is 0. The normalized spacial score (nSPS) is 17.0. The molecule has 0 aliphatic carbocycles. The van der Waals surface area contributed by atoms with Gasteiger partial charge in [0, 0.05) is 49.6 Å². The highest BCUT2D eigenvalue weighted by molar-refractivity contribution is 7.15. The predicted molar refractivity (Wildman–Crippen MR) is 87.9 cm³/mol. The highest BCUT2D eigenvalue weighted by Crippen LogP contribution is 2.37. The van der Waals surface area contributed by atoms with Gasteiger partial charge >= 0.3 is 11.2 Å². The molecule has 1 fully saturated rings. The van der Waals surface area contributed by atoms with Gasteiger partial charge in [-0.25, -0.2) is 0 Å². The number of hydrogen-bond donors (Lipinski definition) is 1. The Kier molecular flexibility index (Phi) is 9.37. The topological polar surface area (TPSA) is 58.4 Å². The van der Waals surface area contributed by atoms with Crippen LogP contribution in [-0.4, -0.2) is 42.2 Å². The number of rotatable bonds is 5. The zero-order chi connectivity index (χ0) is 15.5. The Morgan fingerprint density at radius 3 is 2.39 bits per heavy atom. The van der Waals surface area contributed by atoms with Crippen molar-refractivity contribution in [3.05, 3.63) is 27.1 Å². The molecule has 23 heavy (non-hydrogen) atoms. The lowest BCUT2D eigenvalue weighted by Crippen LogP contribution is -2.45. The molecule has 0 saturated carbocycles.